The van der Waals surface area contributed by atoms with E-state index in [9.17, 15) is 4.79 Å². The smallest absolute Gasteiger partial charge is 0.216 e. The van der Waals surface area contributed by atoms with Crippen molar-refractivity contribution in [3.63, 3.8) is 0 Å². The van der Waals surface area contributed by atoms with Crippen LogP contribution in [0.25, 0.3) is 0 Å². The Bertz CT molecular complexity index is 174. The fraction of sp³-hybridized carbons (Fsp3) is 0.889. The van der Waals surface area contributed by atoms with Crippen molar-refractivity contribution in [2.24, 2.45) is 11.7 Å². The van der Waals surface area contributed by atoms with Gasteiger partial charge in [0.1, 0.15) is 0 Å². The summed E-state index contributed by atoms with van der Waals surface area (Å²) in [4.78, 5) is 12.9. The van der Waals surface area contributed by atoms with Crippen LogP contribution in [0.5, 0.6) is 0 Å². The molecule has 0 radical (unpaired) electrons. The number of nitrogens with zero attached hydrogens (tertiary/aromatic N) is 1. The highest BCUT2D eigenvalue weighted by Crippen LogP contribution is 2.12. The molecule has 1 rings (SSSR count). The lowest BCUT2D eigenvalue weighted by Gasteiger charge is -2.14. The Morgan fingerprint density at radius 1 is 1.62 bits per heavy atom. The van der Waals surface area contributed by atoms with Crippen LogP contribution in [0.15, 0.2) is 0 Å². The van der Waals surface area contributed by atoms with Crippen LogP contribution in [-0.2, 0) is 4.79 Å². The lowest BCUT2D eigenvalue weighted by Crippen LogP contribution is -2.34. The summed E-state index contributed by atoms with van der Waals surface area (Å²) in [6.45, 7) is 7.37. The van der Waals surface area contributed by atoms with Gasteiger partial charge in [-0.3, -0.25) is 9.69 Å². The zero-order chi connectivity index (χ0) is 9.84. The Morgan fingerprint density at radius 3 is 2.77 bits per heavy atom. The van der Waals surface area contributed by atoms with Crippen molar-refractivity contribution in [3.8, 4) is 0 Å². The van der Waals surface area contributed by atoms with Crippen LogP contribution in [-0.4, -0.2) is 43.0 Å². The maximum absolute atomic E-state index is 10.6. The quantitative estimate of drug-likeness (QED) is 0.617. The van der Waals surface area contributed by atoms with Crippen molar-refractivity contribution in [2.75, 3.05) is 26.2 Å². The van der Waals surface area contributed by atoms with Crippen LogP contribution >= 0.6 is 0 Å². The molecule has 4 nitrogen and oxygen atoms in total. The SMILES string of the molecule is CC(=O)NCCN1CC(C)C(N)C1. The number of nitrogens with one attached hydrogen (secondary N) is 1. The molecule has 76 valence electrons. The van der Waals surface area contributed by atoms with Gasteiger partial charge in [0.25, 0.3) is 0 Å². The van der Waals surface area contributed by atoms with E-state index in [0.717, 1.165) is 26.2 Å². The van der Waals surface area contributed by atoms with Gasteiger partial charge in [-0.1, -0.05) is 6.92 Å². The number of carbonyl (C=O) groups excluding carboxylic acids is 1. The van der Waals surface area contributed by atoms with Crippen molar-refractivity contribution in [3.05, 3.63) is 0 Å². The van der Waals surface area contributed by atoms with Gasteiger partial charge in [-0.05, 0) is 5.92 Å². The molecule has 0 aliphatic carbocycles. The van der Waals surface area contributed by atoms with E-state index < -0.39 is 0 Å². The fourth-order valence-corrected chi connectivity index (χ4v) is 1.67. The van der Waals surface area contributed by atoms with Gasteiger partial charge in [-0.2, -0.15) is 0 Å². The first-order chi connectivity index (χ1) is 6.09. The first-order valence-corrected chi connectivity index (χ1v) is 4.82. The second-order valence-corrected chi connectivity index (χ2v) is 3.88. The molecule has 1 amide bonds. The van der Waals surface area contributed by atoms with Crippen LogP contribution in [0, 0.1) is 5.92 Å². The molecule has 0 saturated carbocycles. The minimum absolute atomic E-state index is 0.0385. The van der Waals surface area contributed by atoms with Crippen LogP contribution in [0.1, 0.15) is 13.8 Å². The van der Waals surface area contributed by atoms with E-state index in [1.165, 1.54) is 0 Å². The van der Waals surface area contributed by atoms with Gasteiger partial charge >= 0.3 is 0 Å². The summed E-state index contributed by atoms with van der Waals surface area (Å²) in [5, 5.41) is 2.78. The summed E-state index contributed by atoms with van der Waals surface area (Å²) in [5.74, 6) is 0.619. The number of hydrogen-bond acceptors (Lipinski definition) is 3. The first-order valence-electron chi connectivity index (χ1n) is 4.82. The van der Waals surface area contributed by atoms with Crippen molar-refractivity contribution in [1.29, 1.82) is 0 Å². The Morgan fingerprint density at radius 2 is 2.31 bits per heavy atom. The van der Waals surface area contributed by atoms with Gasteiger partial charge < -0.3 is 11.1 Å². The number of rotatable bonds is 3. The number of carbonyl (C=O) groups is 1. The van der Waals surface area contributed by atoms with E-state index in [2.05, 4.69) is 17.1 Å². The van der Waals surface area contributed by atoms with E-state index in [0.29, 0.717) is 12.0 Å². The molecular weight excluding hydrogens is 166 g/mol. The van der Waals surface area contributed by atoms with Crippen LogP contribution in [0.4, 0.5) is 0 Å². The van der Waals surface area contributed by atoms with Gasteiger partial charge in [-0.25, -0.2) is 0 Å². The van der Waals surface area contributed by atoms with E-state index >= 15 is 0 Å². The molecule has 13 heavy (non-hydrogen) atoms. The fourth-order valence-electron chi connectivity index (χ4n) is 1.67. The van der Waals surface area contributed by atoms with Crippen molar-refractivity contribution in [2.45, 2.75) is 19.9 Å². The Balaban J connectivity index is 2.13. The van der Waals surface area contributed by atoms with Gasteiger partial charge in [0.15, 0.2) is 0 Å². The van der Waals surface area contributed by atoms with Gasteiger partial charge in [0.2, 0.25) is 5.91 Å². The summed E-state index contributed by atoms with van der Waals surface area (Å²) in [6, 6.07) is 0.303. The maximum atomic E-state index is 10.6. The topological polar surface area (TPSA) is 58.4 Å². The van der Waals surface area contributed by atoms with Crippen molar-refractivity contribution >= 4 is 5.91 Å². The third-order valence-corrected chi connectivity index (χ3v) is 2.55. The third-order valence-electron chi connectivity index (χ3n) is 2.55. The molecule has 0 bridgehead atoms. The highest BCUT2D eigenvalue weighted by Gasteiger charge is 2.25. The van der Waals surface area contributed by atoms with E-state index in [-0.39, 0.29) is 5.91 Å². The molecular formula is C9H19N3O. The predicted octanol–water partition coefficient (Wildman–Crippen LogP) is -0.598. The van der Waals surface area contributed by atoms with Crippen molar-refractivity contribution < 1.29 is 4.79 Å². The standard InChI is InChI=1S/C9H19N3O/c1-7-5-12(6-9(7)10)4-3-11-8(2)13/h7,9H,3-6,10H2,1-2H3,(H,11,13). The largest absolute Gasteiger partial charge is 0.355 e. The minimum Gasteiger partial charge on any atom is -0.355 e. The number of amides is 1. The second kappa shape index (κ2) is 4.58. The summed E-state index contributed by atoms with van der Waals surface area (Å²) in [7, 11) is 0. The molecule has 1 fully saturated rings. The molecule has 0 aromatic rings. The Kier molecular flexibility index (Phi) is 3.69. The summed E-state index contributed by atoms with van der Waals surface area (Å²) >= 11 is 0. The molecule has 0 aromatic heterocycles. The highest BCUT2D eigenvalue weighted by atomic mass is 16.1. The van der Waals surface area contributed by atoms with E-state index in [4.69, 9.17) is 5.73 Å². The number of likely N-dealkylation sites (tertiary alicyclic amines) is 1. The molecule has 2 unspecified atom stereocenters. The monoisotopic (exact) mass is 185 g/mol. The lowest BCUT2D eigenvalue weighted by atomic mass is 10.1. The highest BCUT2D eigenvalue weighted by molar-refractivity contribution is 5.72. The predicted molar refractivity (Wildman–Crippen MR) is 52.3 cm³/mol. The average molecular weight is 185 g/mol. The van der Waals surface area contributed by atoms with Gasteiger partial charge in [0, 0.05) is 39.1 Å². The van der Waals surface area contributed by atoms with Gasteiger partial charge in [0.05, 0.1) is 0 Å². The average Bonchev–Trinajstić information content (AvgIpc) is 2.30. The second-order valence-electron chi connectivity index (χ2n) is 3.88. The minimum atomic E-state index is 0.0385. The molecule has 1 aliphatic heterocycles. The summed E-state index contributed by atoms with van der Waals surface area (Å²) in [6.07, 6.45) is 0. The van der Waals surface area contributed by atoms with Crippen LogP contribution in [0.2, 0.25) is 0 Å². The lowest BCUT2D eigenvalue weighted by molar-refractivity contribution is -0.119. The van der Waals surface area contributed by atoms with Crippen LogP contribution in [0.3, 0.4) is 0 Å². The Hall–Kier alpha value is -0.610. The molecule has 2 atom stereocenters. The van der Waals surface area contributed by atoms with E-state index in [1.54, 1.807) is 6.92 Å². The first kappa shape index (κ1) is 10.5. The molecule has 1 heterocycles. The molecule has 1 aliphatic rings. The maximum Gasteiger partial charge on any atom is 0.216 e. The molecule has 1 saturated heterocycles. The summed E-state index contributed by atoms with van der Waals surface area (Å²) < 4.78 is 0. The van der Waals surface area contributed by atoms with E-state index in [1.807, 2.05) is 0 Å². The molecule has 3 N–H and O–H groups in total. The number of hydrogen-bond donors (Lipinski definition) is 2. The van der Waals surface area contributed by atoms with Gasteiger partial charge in [-0.15, -0.1) is 0 Å². The zero-order valence-corrected chi connectivity index (χ0v) is 8.42. The number of nitrogens with two attached hydrogens (primary N) is 1. The Labute approximate surface area is 79.5 Å². The van der Waals surface area contributed by atoms with Crippen molar-refractivity contribution in [1.82, 2.24) is 10.2 Å². The molecule has 0 aromatic carbocycles. The zero-order valence-electron chi connectivity index (χ0n) is 8.42. The summed E-state index contributed by atoms with van der Waals surface area (Å²) in [5.41, 5.74) is 5.87. The third kappa shape index (κ3) is 3.32. The molecule has 4 heteroatoms. The van der Waals surface area contributed by atoms with Crippen LogP contribution < -0.4 is 11.1 Å². The molecule has 0 spiro atoms. The normalized spacial score (nSPS) is 29.2.